The van der Waals surface area contributed by atoms with E-state index in [1.54, 1.807) is 22.1 Å². The van der Waals surface area contributed by atoms with Crippen LogP contribution in [0.1, 0.15) is 28.6 Å². The average molecular weight is 411 g/mol. The SMILES string of the molecule is O=C1C2Cc3c([nH]c4ccccc34)C(c3ccccc3)N2C(=O)CN1Cc1ccco1. The molecule has 1 fully saturated rings. The molecule has 4 aromatic rings. The van der Waals surface area contributed by atoms with Crippen molar-refractivity contribution < 1.29 is 14.0 Å². The molecule has 2 amide bonds. The van der Waals surface area contributed by atoms with Crippen LogP contribution in [0.3, 0.4) is 0 Å². The maximum atomic E-state index is 13.6. The molecule has 2 aliphatic heterocycles. The molecule has 6 nitrogen and oxygen atoms in total. The lowest BCUT2D eigenvalue weighted by Crippen LogP contribution is -2.62. The maximum absolute atomic E-state index is 13.6. The van der Waals surface area contributed by atoms with Crippen molar-refractivity contribution in [2.24, 2.45) is 0 Å². The Bertz CT molecular complexity index is 1280. The zero-order valence-corrected chi connectivity index (χ0v) is 16.8. The minimum atomic E-state index is -0.534. The van der Waals surface area contributed by atoms with Gasteiger partial charge in [-0.25, -0.2) is 0 Å². The Hall–Kier alpha value is -3.80. The lowest BCUT2D eigenvalue weighted by Gasteiger charge is -2.47. The number of benzene rings is 2. The number of carbonyl (C=O) groups is 2. The van der Waals surface area contributed by atoms with E-state index in [-0.39, 0.29) is 24.4 Å². The van der Waals surface area contributed by atoms with E-state index >= 15 is 0 Å². The fourth-order valence-electron chi connectivity index (χ4n) is 5.03. The monoisotopic (exact) mass is 411 g/mol. The highest BCUT2D eigenvalue weighted by molar-refractivity contribution is 5.97. The van der Waals surface area contributed by atoms with Gasteiger partial charge in [0.05, 0.1) is 18.8 Å². The highest BCUT2D eigenvalue weighted by atomic mass is 16.3. The summed E-state index contributed by atoms with van der Waals surface area (Å²) in [6, 6.07) is 20.9. The summed E-state index contributed by atoms with van der Waals surface area (Å²) in [5, 5.41) is 1.11. The number of hydrogen-bond acceptors (Lipinski definition) is 3. The van der Waals surface area contributed by atoms with Gasteiger partial charge in [-0.3, -0.25) is 9.59 Å². The quantitative estimate of drug-likeness (QED) is 0.560. The van der Waals surface area contributed by atoms with Crippen LogP contribution in [-0.4, -0.2) is 39.2 Å². The first-order chi connectivity index (χ1) is 15.2. The summed E-state index contributed by atoms with van der Waals surface area (Å²) in [5.74, 6) is 0.597. The van der Waals surface area contributed by atoms with Gasteiger partial charge in [0, 0.05) is 23.0 Å². The number of furan rings is 1. The molecule has 6 heteroatoms. The van der Waals surface area contributed by atoms with Crippen molar-refractivity contribution in [1.82, 2.24) is 14.8 Å². The highest BCUT2D eigenvalue weighted by Crippen LogP contribution is 2.42. The van der Waals surface area contributed by atoms with Crippen LogP contribution in [-0.2, 0) is 22.6 Å². The van der Waals surface area contributed by atoms with Gasteiger partial charge in [0.1, 0.15) is 18.3 Å². The Balaban J connectivity index is 1.48. The predicted molar refractivity (Wildman–Crippen MR) is 115 cm³/mol. The van der Waals surface area contributed by atoms with E-state index < -0.39 is 6.04 Å². The number of nitrogens with one attached hydrogen (secondary N) is 1. The van der Waals surface area contributed by atoms with Crippen LogP contribution >= 0.6 is 0 Å². The number of fused-ring (bicyclic) bond motifs is 4. The molecular weight excluding hydrogens is 390 g/mol. The third-order valence-electron chi connectivity index (χ3n) is 6.38. The van der Waals surface area contributed by atoms with Crippen LogP contribution in [0.15, 0.2) is 77.4 Å². The molecular formula is C25H21N3O3. The van der Waals surface area contributed by atoms with Crippen LogP contribution in [0.5, 0.6) is 0 Å². The zero-order valence-electron chi connectivity index (χ0n) is 16.8. The molecule has 0 radical (unpaired) electrons. The van der Waals surface area contributed by atoms with Gasteiger partial charge in [-0.2, -0.15) is 0 Å². The molecule has 2 aliphatic rings. The van der Waals surface area contributed by atoms with Crippen molar-refractivity contribution in [1.29, 1.82) is 0 Å². The zero-order chi connectivity index (χ0) is 20.9. The molecule has 0 bridgehead atoms. The molecule has 0 aliphatic carbocycles. The molecule has 2 unspecified atom stereocenters. The van der Waals surface area contributed by atoms with Crippen molar-refractivity contribution in [3.8, 4) is 0 Å². The molecule has 1 saturated heterocycles. The van der Waals surface area contributed by atoms with E-state index in [1.165, 1.54) is 0 Å². The minimum Gasteiger partial charge on any atom is -0.467 e. The number of aromatic amines is 1. The Morgan fingerprint density at radius 2 is 1.77 bits per heavy atom. The van der Waals surface area contributed by atoms with Gasteiger partial charge < -0.3 is 19.2 Å². The second kappa shape index (κ2) is 6.87. The van der Waals surface area contributed by atoms with Crippen LogP contribution in [0.25, 0.3) is 10.9 Å². The van der Waals surface area contributed by atoms with Gasteiger partial charge >= 0.3 is 0 Å². The molecule has 2 atom stereocenters. The Morgan fingerprint density at radius 1 is 0.968 bits per heavy atom. The number of aromatic nitrogens is 1. The number of hydrogen-bond donors (Lipinski definition) is 1. The lowest BCUT2D eigenvalue weighted by atomic mass is 9.86. The van der Waals surface area contributed by atoms with Gasteiger partial charge in [0.15, 0.2) is 0 Å². The first-order valence-electron chi connectivity index (χ1n) is 10.5. The van der Waals surface area contributed by atoms with Crippen molar-refractivity contribution in [2.75, 3.05) is 6.54 Å². The van der Waals surface area contributed by atoms with Crippen LogP contribution in [0, 0.1) is 0 Å². The van der Waals surface area contributed by atoms with Crippen molar-refractivity contribution in [3.63, 3.8) is 0 Å². The summed E-state index contributed by atoms with van der Waals surface area (Å²) in [4.78, 5) is 33.9. The number of para-hydroxylation sites is 1. The van der Waals surface area contributed by atoms with Gasteiger partial charge in [-0.05, 0) is 29.3 Å². The van der Waals surface area contributed by atoms with Crippen molar-refractivity contribution in [2.45, 2.75) is 25.0 Å². The summed E-state index contributed by atoms with van der Waals surface area (Å²) < 4.78 is 5.42. The van der Waals surface area contributed by atoms with E-state index in [0.29, 0.717) is 18.7 Å². The first-order valence-corrected chi connectivity index (χ1v) is 10.5. The molecule has 6 rings (SSSR count). The average Bonchev–Trinajstić information content (AvgIpc) is 3.44. The van der Waals surface area contributed by atoms with Gasteiger partial charge in [-0.15, -0.1) is 0 Å². The fourth-order valence-corrected chi connectivity index (χ4v) is 5.03. The maximum Gasteiger partial charge on any atom is 0.246 e. The summed E-state index contributed by atoms with van der Waals surface area (Å²) in [7, 11) is 0. The molecule has 4 heterocycles. The number of piperazine rings is 1. The predicted octanol–water partition coefficient (Wildman–Crippen LogP) is 3.65. The standard InChI is InChI=1S/C25H21N3O3/c29-22-15-27(14-17-9-6-12-31-17)25(30)21-13-19-18-10-4-5-11-20(18)26-23(19)24(28(21)22)16-7-2-1-3-8-16/h1-12,21,24,26H,13-15H2. The van der Waals surface area contributed by atoms with Crippen LogP contribution < -0.4 is 0 Å². The number of carbonyl (C=O) groups excluding carboxylic acids is 2. The third-order valence-corrected chi connectivity index (χ3v) is 6.38. The number of H-pyrrole nitrogens is 1. The Labute approximate surface area is 179 Å². The first kappa shape index (κ1) is 18.0. The molecule has 0 saturated carbocycles. The molecule has 154 valence electrons. The normalized spacial score (nSPS) is 20.8. The second-order valence-corrected chi connectivity index (χ2v) is 8.17. The van der Waals surface area contributed by atoms with E-state index in [2.05, 4.69) is 11.1 Å². The van der Waals surface area contributed by atoms with Gasteiger partial charge in [0.2, 0.25) is 11.8 Å². The van der Waals surface area contributed by atoms with Gasteiger partial charge in [-0.1, -0.05) is 48.5 Å². The largest absolute Gasteiger partial charge is 0.467 e. The molecule has 0 spiro atoms. The highest BCUT2D eigenvalue weighted by Gasteiger charge is 2.48. The number of nitrogens with zero attached hydrogens (tertiary/aromatic N) is 2. The Morgan fingerprint density at radius 3 is 2.58 bits per heavy atom. The Kier molecular flexibility index (Phi) is 3.99. The second-order valence-electron chi connectivity index (χ2n) is 8.17. The lowest BCUT2D eigenvalue weighted by molar-refractivity contribution is -0.159. The molecule has 2 aromatic carbocycles. The van der Waals surface area contributed by atoms with Crippen LogP contribution in [0.4, 0.5) is 0 Å². The van der Waals surface area contributed by atoms with E-state index in [1.807, 2.05) is 54.6 Å². The molecule has 2 aromatic heterocycles. The molecule has 31 heavy (non-hydrogen) atoms. The fraction of sp³-hybridized carbons (Fsp3) is 0.200. The van der Waals surface area contributed by atoms with Gasteiger partial charge in [0.25, 0.3) is 0 Å². The summed E-state index contributed by atoms with van der Waals surface area (Å²) >= 11 is 0. The van der Waals surface area contributed by atoms with E-state index in [4.69, 9.17) is 4.42 Å². The summed E-state index contributed by atoms with van der Waals surface area (Å²) in [5.41, 5.74) is 4.15. The number of rotatable bonds is 3. The van der Waals surface area contributed by atoms with E-state index in [9.17, 15) is 9.59 Å². The topological polar surface area (TPSA) is 69.6 Å². The number of amides is 2. The third kappa shape index (κ3) is 2.79. The smallest absolute Gasteiger partial charge is 0.246 e. The van der Waals surface area contributed by atoms with Crippen molar-refractivity contribution >= 4 is 22.7 Å². The minimum absolute atomic E-state index is 0.0344. The molecule has 1 N–H and O–H groups in total. The van der Waals surface area contributed by atoms with Crippen LogP contribution in [0.2, 0.25) is 0 Å². The van der Waals surface area contributed by atoms with E-state index in [0.717, 1.165) is 27.7 Å². The summed E-state index contributed by atoms with van der Waals surface area (Å²) in [6.45, 7) is 0.355. The van der Waals surface area contributed by atoms with Crippen molar-refractivity contribution in [3.05, 3.63) is 95.6 Å². The summed E-state index contributed by atoms with van der Waals surface area (Å²) in [6.07, 6.45) is 2.09.